The third-order valence-corrected chi connectivity index (χ3v) is 3.99. The number of benzene rings is 2. The summed E-state index contributed by atoms with van der Waals surface area (Å²) in [7, 11) is 0. The van der Waals surface area contributed by atoms with Gasteiger partial charge in [-0.2, -0.15) is 0 Å². The Hall–Kier alpha value is -2.47. The molecule has 0 spiro atoms. The quantitative estimate of drug-likeness (QED) is 0.551. The number of aromatic nitrogens is 1. The van der Waals surface area contributed by atoms with Gasteiger partial charge in [0.05, 0.1) is 15.7 Å². The summed E-state index contributed by atoms with van der Waals surface area (Å²) in [6.45, 7) is 1.84. The van der Waals surface area contributed by atoms with Crippen molar-refractivity contribution in [3.05, 3.63) is 73.0 Å². The predicted molar refractivity (Wildman–Crippen MR) is 89.1 cm³/mol. The van der Waals surface area contributed by atoms with Crippen LogP contribution in [0, 0.1) is 17.0 Å². The van der Waals surface area contributed by atoms with Crippen molar-refractivity contribution in [3.8, 4) is 11.3 Å². The van der Waals surface area contributed by atoms with Crippen molar-refractivity contribution in [1.29, 1.82) is 0 Å². The van der Waals surface area contributed by atoms with Crippen molar-refractivity contribution < 1.29 is 4.92 Å². The Labute approximate surface area is 133 Å². The third-order valence-electron chi connectivity index (χ3n) is 3.47. The van der Waals surface area contributed by atoms with Crippen molar-refractivity contribution in [2.45, 2.75) is 6.92 Å². The van der Waals surface area contributed by atoms with Crippen LogP contribution in [0.25, 0.3) is 22.0 Å². The highest BCUT2D eigenvalue weighted by atomic mass is 79.9. The minimum absolute atomic E-state index is 0.0862. The molecular weight excluding hydrogens is 348 g/mol. The molecule has 0 atom stereocenters. The molecule has 0 fully saturated rings. The average Bonchev–Trinajstić information content (AvgIpc) is 2.48. The Bertz CT molecular complexity index is 946. The molecule has 22 heavy (non-hydrogen) atoms. The first-order valence-electron chi connectivity index (χ1n) is 6.54. The van der Waals surface area contributed by atoms with Gasteiger partial charge < -0.3 is 4.98 Å². The maximum absolute atomic E-state index is 12.3. The topological polar surface area (TPSA) is 76.0 Å². The molecule has 0 saturated carbocycles. The zero-order chi connectivity index (χ0) is 15.9. The van der Waals surface area contributed by atoms with Crippen molar-refractivity contribution in [1.82, 2.24) is 4.98 Å². The summed E-state index contributed by atoms with van der Waals surface area (Å²) in [5.74, 6) is 0. The van der Waals surface area contributed by atoms with Crippen LogP contribution in [0.2, 0.25) is 0 Å². The largest absolute Gasteiger partial charge is 0.316 e. The monoisotopic (exact) mass is 358 g/mol. The van der Waals surface area contributed by atoms with Gasteiger partial charge in [0.1, 0.15) is 5.69 Å². The number of hydrogen-bond donors (Lipinski definition) is 1. The van der Waals surface area contributed by atoms with Gasteiger partial charge in [-0.3, -0.25) is 14.9 Å². The van der Waals surface area contributed by atoms with Crippen molar-refractivity contribution >= 4 is 32.4 Å². The van der Waals surface area contributed by atoms with E-state index in [0.29, 0.717) is 16.3 Å². The van der Waals surface area contributed by atoms with E-state index in [0.717, 1.165) is 10.0 Å². The van der Waals surface area contributed by atoms with Gasteiger partial charge in [-0.25, -0.2) is 0 Å². The van der Waals surface area contributed by atoms with Gasteiger partial charge in [-0.1, -0.05) is 39.7 Å². The Balaban J connectivity index is 2.42. The van der Waals surface area contributed by atoms with Gasteiger partial charge in [0.25, 0.3) is 5.56 Å². The molecule has 0 aliphatic heterocycles. The van der Waals surface area contributed by atoms with Crippen LogP contribution in [0.15, 0.2) is 51.7 Å². The molecule has 1 heterocycles. The Kier molecular flexibility index (Phi) is 3.54. The van der Waals surface area contributed by atoms with E-state index in [-0.39, 0.29) is 16.9 Å². The normalized spacial score (nSPS) is 10.8. The van der Waals surface area contributed by atoms with E-state index < -0.39 is 4.92 Å². The van der Waals surface area contributed by atoms with Gasteiger partial charge in [0.2, 0.25) is 0 Å². The molecule has 0 amide bonds. The van der Waals surface area contributed by atoms with Crippen LogP contribution in [-0.2, 0) is 0 Å². The van der Waals surface area contributed by atoms with E-state index in [1.165, 1.54) is 0 Å². The zero-order valence-electron chi connectivity index (χ0n) is 11.6. The number of pyridine rings is 1. The number of rotatable bonds is 2. The number of H-pyrrole nitrogens is 1. The van der Waals surface area contributed by atoms with Crippen LogP contribution in [0.3, 0.4) is 0 Å². The first-order chi connectivity index (χ1) is 10.5. The molecular formula is C16H11BrN2O3. The summed E-state index contributed by atoms with van der Waals surface area (Å²) in [4.78, 5) is 26.0. The number of aromatic amines is 1. The Morgan fingerprint density at radius 2 is 1.77 bits per heavy atom. The molecule has 1 aromatic heterocycles. The summed E-state index contributed by atoms with van der Waals surface area (Å²) in [6, 6.07) is 12.0. The fraction of sp³-hybridized carbons (Fsp3) is 0.0625. The molecule has 0 bridgehead atoms. The highest BCUT2D eigenvalue weighted by Crippen LogP contribution is 2.33. The Morgan fingerprint density at radius 1 is 1.09 bits per heavy atom. The molecule has 0 aliphatic rings. The lowest BCUT2D eigenvalue weighted by molar-refractivity contribution is -0.382. The van der Waals surface area contributed by atoms with Crippen molar-refractivity contribution in [2.75, 3.05) is 0 Å². The highest BCUT2D eigenvalue weighted by molar-refractivity contribution is 9.10. The van der Waals surface area contributed by atoms with Gasteiger partial charge in [0, 0.05) is 10.0 Å². The van der Waals surface area contributed by atoms with Crippen LogP contribution in [0.5, 0.6) is 0 Å². The Morgan fingerprint density at radius 3 is 2.41 bits per heavy atom. The summed E-state index contributed by atoms with van der Waals surface area (Å²) in [5.41, 5.74) is 1.27. The van der Waals surface area contributed by atoms with Crippen LogP contribution in [-0.4, -0.2) is 9.91 Å². The molecule has 0 saturated heterocycles. The minimum Gasteiger partial charge on any atom is -0.316 e. The average molecular weight is 359 g/mol. The van der Waals surface area contributed by atoms with Crippen LogP contribution in [0.4, 0.5) is 5.69 Å². The molecule has 5 nitrogen and oxygen atoms in total. The zero-order valence-corrected chi connectivity index (χ0v) is 13.2. The molecule has 0 aliphatic carbocycles. The molecule has 1 N–H and O–H groups in total. The SMILES string of the molecule is Cc1ccc2c([N+](=O)[O-])c(-c3ccc(Br)cc3)[nH]c(=O)c2c1. The van der Waals surface area contributed by atoms with E-state index >= 15 is 0 Å². The van der Waals surface area contributed by atoms with Gasteiger partial charge in [0.15, 0.2) is 0 Å². The lowest BCUT2D eigenvalue weighted by Gasteiger charge is -2.07. The fourth-order valence-electron chi connectivity index (χ4n) is 2.44. The maximum Gasteiger partial charge on any atom is 0.301 e. The molecule has 2 aromatic carbocycles. The molecule has 3 rings (SSSR count). The lowest BCUT2D eigenvalue weighted by atomic mass is 10.0. The van der Waals surface area contributed by atoms with E-state index in [1.807, 2.05) is 6.92 Å². The van der Waals surface area contributed by atoms with Crippen molar-refractivity contribution in [3.63, 3.8) is 0 Å². The molecule has 0 radical (unpaired) electrons. The van der Waals surface area contributed by atoms with Gasteiger partial charge in [-0.05, 0) is 31.2 Å². The second-order valence-electron chi connectivity index (χ2n) is 4.99. The summed E-state index contributed by atoms with van der Waals surface area (Å²) >= 11 is 3.32. The second-order valence-corrected chi connectivity index (χ2v) is 5.91. The van der Waals surface area contributed by atoms with Crippen LogP contribution >= 0.6 is 15.9 Å². The van der Waals surface area contributed by atoms with Gasteiger partial charge >= 0.3 is 5.69 Å². The summed E-state index contributed by atoms with van der Waals surface area (Å²) < 4.78 is 0.859. The van der Waals surface area contributed by atoms with E-state index in [4.69, 9.17) is 0 Å². The number of fused-ring (bicyclic) bond motifs is 1. The van der Waals surface area contributed by atoms with E-state index in [9.17, 15) is 14.9 Å². The number of nitro groups is 1. The molecule has 110 valence electrons. The number of halogens is 1. The number of aryl methyl sites for hydroxylation is 1. The first-order valence-corrected chi connectivity index (χ1v) is 7.33. The van der Waals surface area contributed by atoms with Gasteiger partial charge in [-0.15, -0.1) is 0 Å². The third kappa shape index (κ3) is 2.42. The standard InChI is InChI=1S/C16H11BrN2O3/c1-9-2-7-12-13(8-9)16(20)18-14(15(12)19(21)22)10-3-5-11(17)6-4-10/h2-8H,1H3,(H,18,20). The molecule has 0 unspecified atom stereocenters. The van der Waals surface area contributed by atoms with E-state index in [1.54, 1.807) is 42.5 Å². The second kappa shape index (κ2) is 5.38. The smallest absolute Gasteiger partial charge is 0.301 e. The highest BCUT2D eigenvalue weighted by Gasteiger charge is 2.22. The molecule has 3 aromatic rings. The number of nitrogens with one attached hydrogen (secondary N) is 1. The summed E-state index contributed by atoms with van der Waals surface area (Å²) in [6.07, 6.45) is 0. The fourth-order valence-corrected chi connectivity index (χ4v) is 2.71. The minimum atomic E-state index is -0.453. The van der Waals surface area contributed by atoms with E-state index in [2.05, 4.69) is 20.9 Å². The van der Waals surface area contributed by atoms with Crippen LogP contribution in [0.1, 0.15) is 5.56 Å². The predicted octanol–water partition coefficient (Wildman–Crippen LogP) is 4.17. The van der Waals surface area contributed by atoms with Crippen molar-refractivity contribution in [2.24, 2.45) is 0 Å². The summed E-state index contributed by atoms with van der Waals surface area (Å²) in [5, 5.41) is 12.2. The number of hydrogen-bond acceptors (Lipinski definition) is 3. The number of nitrogens with zero attached hydrogens (tertiary/aromatic N) is 1. The molecule has 6 heteroatoms. The van der Waals surface area contributed by atoms with Crippen LogP contribution < -0.4 is 5.56 Å². The maximum atomic E-state index is 12.3. The first kappa shape index (κ1) is 14.5. The lowest BCUT2D eigenvalue weighted by Crippen LogP contribution is -2.10.